The van der Waals surface area contributed by atoms with E-state index in [4.69, 9.17) is 4.74 Å². The number of anilines is 2. The van der Waals surface area contributed by atoms with Crippen LogP contribution in [0.25, 0.3) is 0 Å². The molecule has 0 atom stereocenters. The highest BCUT2D eigenvalue weighted by molar-refractivity contribution is 7.99. The number of carbonyl (C=O) groups excluding carboxylic acids is 1. The monoisotopic (exact) mass is 453 g/mol. The Hall–Kier alpha value is -3.43. The molecule has 4 rings (SSSR count). The molecular formula is C23H20FN3O4S. The number of ether oxygens (including phenoxy) is 1. The average Bonchev–Trinajstić information content (AvgIpc) is 2.81. The summed E-state index contributed by atoms with van der Waals surface area (Å²) in [5.74, 6) is -0.820. The van der Waals surface area contributed by atoms with Crippen LogP contribution >= 0.6 is 11.8 Å². The molecule has 0 unspecified atom stereocenters. The van der Waals surface area contributed by atoms with Gasteiger partial charge in [-0.25, -0.2) is 4.39 Å². The third-order valence-corrected chi connectivity index (χ3v) is 6.03. The van der Waals surface area contributed by atoms with Crippen molar-refractivity contribution in [3.8, 4) is 0 Å². The van der Waals surface area contributed by atoms with Crippen molar-refractivity contribution in [1.29, 1.82) is 0 Å². The molecule has 9 heteroatoms. The fraction of sp³-hybridized carbons (Fsp3) is 0.174. The molecule has 0 bridgehead atoms. The molecule has 1 aliphatic rings. The Bertz CT molecular complexity index is 1120. The summed E-state index contributed by atoms with van der Waals surface area (Å²) in [7, 11) is 0. The molecule has 1 amide bonds. The second-order valence-electron chi connectivity index (χ2n) is 7.10. The number of benzene rings is 3. The summed E-state index contributed by atoms with van der Waals surface area (Å²) in [6.45, 7) is 3.01. The quantitative estimate of drug-likeness (QED) is 0.419. The Kier molecular flexibility index (Phi) is 6.67. The minimum Gasteiger partial charge on any atom is -0.378 e. The first-order chi connectivity index (χ1) is 15.5. The summed E-state index contributed by atoms with van der Waals surface area (Å²) < 4.78 is 18.5. The van der Waals surface area contributed by atoms with Crippen molar-refractivity contribution in [2.45, 2.75) is 9.79 Å². The van der Waals surface area contributed by atoms with Crippen LogP contribution in [0.3, 0.4) is 0 Å². The zero-order chi connectivity index (χ0) is 22.5. The van der Waals surface area contributed by atoms with Crippen LogP contribution in [0.15, 0.2) is 76.5 Å². The second kappa shape index (κ2) is 9.80. The second-order valence-corrected chi connectivity index (χ2v) is 8.21. The van der Waals surface area contributed by atoms with E-state index in [9.17, 15) is 19.3 Å². The number of halogens is 1. The largest absolute Gasteiger partial charge is 0.378 e. The van der Waals surface area contributed by atoms with E-state index in [1.54, 1.807) is 24.3 Å². The standard InChI is InChI=1S/C23H20FN3O4S/c24-17-2-8-20(9-3-17)32-22-10-1-16(15-21(22)27(29)30)23(28)25-18-4-6-19(7-5-18)26-11-13-31-14-12-26/h1-10,15H,11-14H2,(H,25,28). The van der Waals surface area contributed by atoms with Crippen LogP contribution in [0, 0.1) is 15.9 Å². The number of carbonyl (C=O) groups is 1. The Morgan fingerprint density at radius 2 is 1.72 bits per heavy atom. The third kappa shape index (κ3) is 5.24. The van der Waals surface area contributed by atoms with Crippen LogP contribution in [0.2, 0.25) is 0 Å². The minimum atomic E-state index is -0.528. The van der Waals surface area contributed by atoms with Gasteiger partial charge in [-0.15, -0.1) is 0 Å². The molecule has 0 radical (unpaired) electrons. The number of nitro benzene ring substituents is 1. The van der Waals surface area contributed by atoms with Gasteiger partial charge in [0.15, 0.2) is 0 Å². The summed E-state index contributed by atoms with van der Waals surface area (Å²) in [6, 6.07) is 17.4. The van der Waals surface area contributed by atoms with Gasteiger partial charge in [-0.2, -0.15) is 0 Å². The van der Waals surface area contributed by atoms with Crippen LogP contribution in [-0.4, -0.2) is 37.1 Å². The van der Waals surface area contributed by atoms with Gasteiger partial charge in [0.2, 0.25) is 0 Å². The maximum absolute atomic E-state index is 13.1. The van der Waals surface area contributed by atoms with Gasteiger partial charge in [-0.05, 0) is 60.7 Å². The molecule has 3 aromatic rings. The number of nitro groups is 1. The van der Waals surface area contributed by atoms with E-state index in [0.29, 0.717) is 28.7 Å². The fourth-order valence-corrected chi connectivity index (χ4v) is 4.20. The van der Waals surface area contributed by atoms with E-state index in [1.165, 1.54) is 30.3 Å². The van der Waals surface area contributed by atoms with Crippen LogP contribution < -0.4 is 10.2 Å². The lowest BCUT2D eigenvalue weighted by molar-refractivity contribution is -0.387. The molecule has 7 nitrogen and oxygen atoms in total. The molecule has 1 aliphatic heterocycles. The molecule has 164 valence electrons. The minimum absolute atomic E-state index is 0.178. The lowest BCUT2D eigenvalue weighted by atomic mass is 10.1. The molecular weight excluding hydrogens is 433 g/mol. The number of morpholine rings is 1. The molecule has 0 spiro atoms. The van der Waals surface area contributed by atoms with Gasteiger partial charge in [-0.3, -0.25) is 14.9 Å². The molecule has 1 N–H and O–H groups in total. The van der Waals surface area contributed by atoms with Crippen molar-refractivity contribution in [2.24, 2.45) is 0 Å². The van der Waals surface area contributed by atoms with Gasteiger partial charge in [-0.1, -0.05) is 11.8 Å². The van der Waals surface area contributed by atoms with Crippen molar-refractivity contribution >= 4 is 34.7 Å². The van der Waals surface area contributed by atoms with Crippen LogP contribution in [0.1, 0.15) is 10.4 Å². The number of nitrogens with one attached hydrogen (secondary N) is 1. The maximum atomic E-state index is 13.1. The van der Waals surface area contributed by atoms with Crippen LogP contribution in [0.5, 0.6) is 0 Å². The topological polar surface area (TPSA) is 84.7 Å². The normalized spacial score (nSPS) is 13.6. The predicted molar refractivity (Wildman–Crippen MR) is 121 cm³/mol. The summed E-state index contributed by atoms with van der Waals surface area (Å²) >= 11 is 1.14. The summed E-state index contributed by atoms with van der Waals surface area (Å²) in [6.07, 6.45) is 0. The Morgan fingerprint density at radius 1 is 1.03 bits per heavy atom. The smallest absolute Gasteiger partial charge is 0.284 e. The molecule has 3 aromatic carbocycles. The Balaban J connectivity index is 1.47. The van der Waals surface area contributed by atoms with Crippen LogP contribution in [-0.2, 0) is 4.74 Å². The number of amides is 1. The molecule has 0 aromatic heterocycles. The Labute approximate surface area is 188 Å². The van der Waals surface area contributed by atoms with Crippen molar-refractivity contribution in [1.82, 2.24) is 0 Å². The molecule has 32 heavy (non-hydrogen) atoms. The van der Waals surface area contributed by atoms with Gasteiger partial charge in [0.05, 0.1) is 23.0 Å². The van der Waals surface area contributed by atoms with E-state index < -0.39 is 10.8 Å². The van der Waals surface area contributed by atoms with E-state index in [1.807, 2.05) is 12.1 Å². The highest BCUT2D eigenvalue weighted by atomic mass is 32.2. The average molecular weight is 453 g/mol. The highest BCUT2D eigenvalue weighted by Gasteiger charge is 2.19. The van der Waals surface area contributed by atoms with Gasteiger partial charge in [0.25, 0.3) is 11.6 Å². The van der Waals surface area contributed by atoms with Crippen molar-refractivity contribution in [3.63, 3.8) is 0 Å². The van der Waals surface area contributed by atoms with Gasteiger partial charge in [0.1, 0.15) is 5.82 Å². The zero-order valence-corrected chi connectivity index (χ0v) is 17.8. The lowest BCUT2D eigenvalue weighted by Gasteiger charge is -2.28. The maximum Gasteiger partial charge on any atom is 0.284 e. The molecule has 0 saturated carbocycles. The molecule has 1 fully saturated rings. The summed E-state index contributed by atoms with van der Waals surface area (Å²) in [5, 5.41) is 14.4. The molecule has 0 aliphatic carbocycles. The van der Waals surface area contributed by atoms with Crippen molar-refractivity contribution in [2.75, 3.05) is 36.5 Å². The summed E-state index contributed by atoms with van der Waals surface area (Å²) in [5.41, 5.74) is 1.63. The van der Waals surface area contributed by atoms with E-state index in [0.717, 1.165) is 30.5 Å². The van der Waals surface area contributed by atoms with E-state index >= 15 is 0 Å². The number of hydrogen-bond acceptors (Lipinski definition) is 6. The lowest BCUT2D eigenvalue weighted by Crippen LogP contribution is -2.36. The van der Waals surface area contributed by atoms with E-state index in [-0.39, 0.29) is 17.1 Å². The number of rotatable bonds is 6. The predicted octanol–water partition coefficient (Wildman–Crippen LogP) is 4.97. The first-order valence-corrected chi connectivity index (χ1v) is 10.8. The van der Waals surface area contributed by atoms with Crippen LogP contribution in [0.4, 0.5) is 21.5 Å². The summed E-state index contributed by atoms with van der Waals surface area (Å²) in [4.78, 5) is 27.0. The van der Waals surface area contributed by atoms with Gasteiger partial charge < -0.3 is 15.0 Å². The SMILES string of the molecule is O=C(Nc1ccc(N2CCOCC2)cc1)c1ccc(Sc2ccc(F)cc2)c([N+](=O)[O-])c1. The first kappa shape index (κ1) is 21.8. The van der Waals surface area contributed by atoms with Crippen molar-refractivity contribution in [3.05, 3.63) is 88.2 Å². The van der Waals surface area contributed by atoms with E-state index in [2.05, 4.69) is 10.2 Å². The highest BCUT2D eigenvalue weighted by Crippen LogP contribution is 2.35. The van der Waals surface area contributed by atoms with Crippen molar-refractivity contribution < 1.29 is 18.8 Å². The third-order valence-electron chi connectivity index (χ3n) is 4.96. The molecule has 1 heterocycles. The number of hydrogen-bond donors (Lipinski definition) is 1. The number of nitrogens with zero attached hydrogens (tertiary/aromatic N) is 2. The fourth-order valence-electron chi connectivity index (χ4n) is 3.30. The first-order valence-electron chi connectivity index (χ1n) is 9.95. The van der Waals surface area contributed by atoms with Gasteiger partial charge in [0, 0.05) is 41.0 Å². The Morgan fingerprint density at radius 3 is 2.38 bits per heavy atom. The van der Waals surface area contributed by atoms with Gasteiger partial charge >= 0.3 is 0 Å². The zero-order valence-electron chi connectivity index (χ0n) is 17.0. The molecule has 1 saturated heterocycles.